The van der Waals surface area contributed by atoms with Crippen molar-refractivity contribution >= 4 is 14.3 Å². The Hall–Kier alpha value is -0.653. The van der Waals surface area contributed by atoms with Crippen molar-refractivity contribution in [2.45, 2.75) is 32.5 Å². The molecule has 0 spiro atoms. The minimum Gasteiger partial charge on any atom is -0.462 e. The molecule has 0 bridgehead atoms. The van der Waals surface area contributed by atoms with Crippen molar-refractivity contribution in [3.8, 4) is 0 Å². The fourth-order valence-electron chi connectivity index (χ4n) is 0.971. The van der Waals surface area contributed by atoms with Gasteiger partial charge in [0.15, 0.2) is 8.32 Å². The van der Waals surface area contributed by atoms with E-state index in [-0.39, 0.29) is 5.97 Å². The highest BCUT2D eigenvalue weighted by atomic mass is 28.4. The Labute approximate surface area is 105 Å². The molecule has 0 saturated heterocycles. The molecule has 0 atom stereocenters. The van der Waals surface area contributed by atoms with Gasteiger partial charge in [0, 0.05) is 32.3 Å². The average Bonchev–Trinajstić information content (AvgIpc) is 2.27. The summed E-state index contributed by atoms with van der Waals surface area (Å²) in [5.41, 5.74) is 0.429. The summed E-state index contributed by atoms with van der Waals surface area (Å²) in [6, 6.07) is 0.981. The SMILES string of the molecule is C=C(C)C(=O)OCCCOCC[Si](C)(C)OC. The molecule has 0 fully saturated rings. The fraction of sp³-hybridized carbons (Fsp3) is 0.750. The van der Waals surface area contributed by atoms with Crippen LogP contribution in [0.4, 0.5) is 0 Å². The van der Waals surface area contributed by atoms with Crippen LogP contribution in [-0.2, 0) is 18.7 Å². The first-order chi connectivity index (χ1) is 7.89. The lowest BCUT2D eigenvalue weighted by Crippen LogP contribution is -2.30. The van der Waals surface area contributed by atoms with Crippen molar-refractivity contribution in [2.75, 3.05) is 26.9 Å². The van der Waals surface area contributed by atoms with Gasteiger partial charge in [-0.2, -0.15) is 0 Å². The number of hydrogen-bond donors (Lipinski definition) is 0. The minimum absolute atomic E-state index is 0.335. The summed E-state index contributed by atoms with van der Waals surface area (Å²) >= 11 is 0. The first-order valence-corrected chi connectivity index (χ1v) is 8.96. The normalized spacial score (nSPS) is 11.3. The zero-order valence-electron chi connectivity index (χ0n) is 11.4. The van der Waals surface area contributed by atoms with E-state index < -0.39 is 8.32 Å². The Bertz CT molecular complexity index is 251. The Morgan fingerprint density at radius 3 is 2.41 bits per heavy atom. The van der Waals surface area contributed by atoms with Crippen LogP contribution in [0.3, 0.4) is 0 Å². The number of carbonyl (C=O) groups excluding carboxylic acids is 1. The van der Waals surface area contributed by atoms with Crippen molar-refractivity contribution in [1.29, 1.82) is 0 Å². The quantitative estimate of drug-likeness (QED) is 0.276. The van der Waals surface area contributed by atoms with Crippen LogP contribution in [0.2, 0.25) is 19.1 Å². The molecule has 0 amide bonds. The molecule has 0 N–H and O–H groups in total. The molecule has 0 unspecified atom stereocenters. The van der Waals surface area contributed by atoms with Crippen LogP contribution in [0.25, 0.3) is 0 Å². The molecule has 0 heterocycles. The van der Waals surface area contributed by atoms with E-state index >= 15 is 0 Å². The van der Waals surface area contributed by atoms with Crippen LogP contribution < -0.4 is 0 Å². The highest BCUT2D eigenvalue weighted by Crippen LogP contribution is 2.09. The largest absolute Gasteiger partial charge is 0.462 e. The van der Waals surface area contributed by atoms with Crippen molar-refractivity contribution in [1.82, 2.24) is 0 Å². The first kappa shape index (κ1) is 16.3. The molecule has 0 saturated carbocycles. The van der Waals surface area contributed by atoms with Crippen LogP contribution in [0, 0.1) is 0 Å². The zero-order valence-corrected chi connectivity index (χ0v) is 12.4. The molecule has 0 aromatic rings. The number of rotatable bonds is 9. The van der Waals surface area contributed by atoms with Crippen molar-refractivity contribution in [3.63, 3.8) is 0 Å². The van der Waals surface area contributed by atoms with Crippen molar-refractivity contribution in [3.05, 3.63) is 12.2 Å². The van der Waals surface area contributed by atoms with Gasteiger partial charge in [-0.3, -0.25) is 0 Å². The molecule has 5 heteroatoms. The molecule has 0 aromatic carbocycles. The van der Waals surface area contributed by atoms with Crippen LogP contribution in [0.5, 0.6) is 0 Å². The lowest BCUT2D eigenvalue weighted by molar-refractivity contribution is -0.139. The second-order valence-electron chi connectivity index (χ2n) is 4.60. The van der Waals surface area contributed by atoms with E-state index in [2.05, 4.69) is 19.7 Å². The Kier molecular flexibility index (Phi) is 8.12. The van der Waals surface area contributed by atoms with E-state index in [0.717, 1.165) is 6.04 Å². The van der Waals surface area contributed by atoms with E-state index in [1.165, 1.54) is 0 Å². The van der Waals surface area contributed by atoms with Crippen LogP contribution >= 0.6 is 0 Å². The Morgan fingerprint density at radius 2 is 1.88 bits per heavy atom. The first-order valence-electron chi connectivity index (χ1n) is 5.84. The molecule has 100 valence electrons. The smallest absolute Gasteiger partial charge is 0.333 e. The minimum atomic E-state index is -1.50. The molecule has 0 radical (unpaired) electrons. The second-order valence-corrected chi connectivity index (χ2v) is 9.02. The average molecular weight is 260 g/mol. The molecule has 0 aliphatic rings. The van der Waals surface area contributed by atoms with Crippen molar-refractivity contribution in [2.24, 2.45) is 0 Å². The summed E-state index contributed by atoms with van der Waals surface area (Å²) in [7, 11) is 0.253. The maximum atomic E-state index is 11.0. The summed E-state index contributed by atoms with van der Waals surface area (Å²) in [6.45, 7) is 11.2. The van der Waals surface area contributed by atoms with Crippen LogP contribution in [0.1, 0.15) is 13.3 Å². The Balaban J connectivity index is 3.36. The number of ether oxygens (including phenoxy) is 2. The second kappa shape index (κ2) is 8.44. The molecule has 17 heavy (non-hydrogen) atoms. The van der Waals surface area contributed by atoms with Gasteiger partial charge in [0.1, 0.15) is 0 Å². The van der Waals surface area contributed by atoms with Gasteiger partial charge in [0.25, 0.3) is 0 Å². The van der Waals surface area contributed by atoms with E-state index in [1.54, 1.807) is 14.0 Å². The van der Waals surface area contributed by atoms with Crippen molar-refractivity contribution < 1.29 is 18.7 Å². The third-order valence-corrected chi connectivity index (χ3v) is 4.93. The zero-order chi connectivity index (χ0) is 13.3. The lowest BCUT2D eigenvalue weighted by atomic mass is 10.4. The predicted molar refractivity (Wildman–Crippen MR) is 70.5 cm³/mol. The molecule has 0 aromatic heterocycles. The topological polar surface area (TPSA) is 44.8 Å². The van der Waals surface area contributed by atoms with Gasteiger partial charge in [-0.25, -0.2) is 4.79 Å². The monoisotopic (exact) mass is 260 g/mol. The van der Waals surface area contributed by atoms with E-state index in [4.69, 9.17) is 13.9 Å². The summed E-state index contributed by atoms with van der Waals surface area (Å²) in [4.78, 5) is 11.0. The maximum Gasteiger partial charge on any atom is 0.333 e. The van der Waals surface area contributed by atoms with Gasteiger partial charge in [-0.15, -0.1) is 0 Å². The van der Waals surface area contributed by atoms with Crippen LogP contribution in [0.15, 0.2) is 12.2 Å². The van der Waals surface area contributed by atoms with E-state index in [1.807, 2.05) is 0 Å². The molecule has 4 nitrogen and oxygen atoms in total. The van der Waals surface area contributed by atoms with Gasteiger partial charge >= 0.3 is 5.97 Å². The Morgan fingerprint density at radius 1 is 1.24 bits per heavy atom. The van der Waals surface area contributed by atoms with Gasteiger partial charge in [0.05, 0.1) is 6.61 Å². The fourth-order valence-corrected chi connectivity index (χ4v) is 1.81. The lowest BCUT2D eigenvalue weighted by Gasteiger charge is -2.19. The standard InChI is InChI=1S/C12H24O4Si/c1-11(2)12(13)16-8-6-7-15-9-10-17(4,5)14-3/h1,6-10H2,2-5H3. The maximum absolute atomic E-state index is 11.0. The number of hydrogen-bond acceptors (Lipinski definition) is 4. The van der Waals surface area contributed by atoms with E-state index in [0.29, 0.717) is 31.8 Å². The van der Waals surface area contributed by atoms with Crippen LogP contribution in [-0.4, -0.2) is 41.2 Å². The molecule has 0 aliphatic heterocycles. The molecular weight excluding hydrogens is 236 g/mol. The summed E-state index contributed by atoms with van der Waals surface area (Å²) in [5, 5.41) is 0. The third-order valence-electron chi connectivity index (χ3n) is 2.42. The highest BCUT2D eigenvalue weighted by Gasteiger charge is 2.19. The molecule has 0 aliphatic carbocycles. The van der Waals surface area contributed by atoms with E-state index in [9.17, 15) is 4.79 Å². The number of carbonyl (C=O) groups is 1. The van der Waals surface area contributed by atoms with Gasteiger partial charge < -0.3 is 13.9 Å². The summed E-state index contributed by atoms with van der Waals surface area (Å²) in [5.74, 6) is -0.335. The van der Waals surface area contributed by atoms with Gasteiger partial charge in [-0.05, 0) is 26.1 Å². The summed E-state index contributed by atoms with van der Waals surface area (Å²) < 4.78 is 15.8. The third kappa shape index (κ3) is 9.09. The molecule has 0 rings (SSSR count). The summed E-state index contributed by atoms with van der Waals surface area (Å²) in [6.07, 6.45) is 0.716. The number of esters is 1. The molecular formula is C12H24O4Si. The highest BCUT2D eigenvalue weighted by molar-refractivity contribution is 6.71. The van der Waals surface area contributed by atoms with Gasteiger partial charge in [-0.1, -0.05) is 6.58 Å². The van der Waals surface area contributed by atoms with Gasteiger partial charge in [0.2, 0.25) is 0 Å². The predicted octanol–water partition coefficient (Wildman–Crippen LogP) is 2.36.